The van der Waals surface area contributed by atoms with Crippen LogP contribution in [0.15, 0.2) is 42.5 Å². The first kappa shape index (κ1) is 19.8. The second-order valence-corrected chi connectivity index (χ2v) is 7.01. The van der Waals surface area contributed by atoms with Crippen molar-refractivity contribution in [2.24, 2.45) is 11.8 Å². The highest BCUT2D eigenvalue weighted by Crippen LogP contribution is 2.39. The quantitative estimate of drug-likeness (QED) is 0.311. The maximum Gasteiger partial charge on any atom is 0.305 e. The minimum Gasteiger partial charge on any atom is -0.493 e. The van der Waals surface area contributed by atoms with Gasteiger partial charge in [0.2, 0.25) is 0 Å². The standard InChI is InChI=1S/C20H27ClO4/c1-24-20(23)12-8-3-2-7-11-16-17(19(22)13-18(16)21)14-25-15-9-5-4-6-10-15/h2,4-7,9-10,16-19,22H,3,8,11-14H2,1H3/b7-2-/t16-,17-,18+,19-/m1/s1. The lowest BCUT2D eigenvalue weighted by molar-refractivity contribution is -0.140. The summed E-state index contributed by atoms with van der Waals surface area (Å²) in [6.07, 6.45) is 7.22. The number of alkyl halides is 1. The maximum absolute atomic E-state index is 11.1. The topological polar surface area (TPSA) is 55.8 Å². The molecule has 0 unspecified atom stereocenters. The second-order valence-electron chi connectivity index (χ2n) is 6.45. The van der Waals surface area contributed by atoms with E-state index in [0.29, 0.717) is 19.4 Å². The van der Waals surface area contributed by atoms with Gasteiger partial charge in [-0.25, -0.2) is 0 Å². The Hall–Kier alpha value is -1.52. The smallest absolute Gasteiger partial charge is 0.305 e. The summed E-state index contributed by atoms with van der Waals surface area (Å²) in [4.78, 5) is 11.1. The third kappa shape index (κ3) is 6.37. The summed E-state index contributed by atoms with van der Waals surface area (Å²) < 4.78 is 10.4. The summed E-state index contributed by atoms with van der Waals surface area (Å²) in [6, 6.07) is 9.63. The Kier molecular flexibility index (Phi) is 8.29. The van der Waals surface area contributed by atoms with Crippen molar-refractivity contribution in [1.82, 2.24) is 0 Å². The van der Waals surface area contributed by atoms with Crippen LogP contribution in [0.1, 0.15) is 32.1 Å². The van der Waals surface area contributed by atoms with E-state index in [2.05, 4.69) is 16.9 Å². The molecule has 1 aliphatic carbocycles. The van der Waals surface area contributed by atoms with Crippen molar-refractivity contribution in [3.8, 4) is 5.75 Å². The Morgan fingerprint density at radius 3 is 2.76 bits per heavy atom. The molecule has 0 amide bonds. The molecule has 0 spiro atoms. The van der Waals surface area contributed by atoms with Gasteiger partial charge >= 0.3 is 5.97 Å². The van der Waals surface area contributed by atoms with Crippen LogP contribution in [0.3, 0.4) is 0 Å². The Morgan fingerprint density at radius 2 is 2.04 bits per heavy atom. The molecule has 1 aromatic rings. The Balaban J connectivity index is 1.79. The van der Waals surface area contributed by atoms with Crippen LogP contribution >= 0.6 is 11.6 Å². The van der Waals surface area contributed by atoms with E-state index in [1.165, 1.54) is 7.11 Å². The molecular formula is C20H27ClO4. The summed E-state index contributed by atoms with van der Waals surface area (Å²) in [5.74, 6) is 0.857. The lowest BCUT2D eigenvalue weighted by Crippen LogP contribution is -2.27. The zero-order valence-corrected chi connectivity index (χ0v) is 15.4. The fraction of sp³-hybridized carbons (Fsp3) is 0.550. The van der Waals surface area contributed by atoms with Crippen LogP contribution in [-0.2, 0) is 9.53 Å². The molecule has 1 aliphatic rings. The molecule has 0 aliphatic heterocycles. The minimum absolute atomic E-state index is 0.0300. The number of unbranched alkanes of at least 4 members (excludes halogenated alkanes) is 1. The summed E-state index contributed by atoms with van der Waals surface area (Å²) in [7, 11) is 1.40. The van der Waals surface area contributed by atoms with Crippen LogP contribution in [0.25, 0.3) is 0 Å². The van der Waals surface area contributed by atoms with Crippen molar-refractivity contribution < 1.29 is 19.4 Å². The number of halogens is 1. The molecule has 1 aromatic carbocycles. The summed E-state index contributed by atoms with van der Waals surface area (Å²) in [5, 5.41) is 10.3. The van der Waals surface area contributed by atoms with Crippen LogP contribution in [0.5, 0.6) is 5.75 Å². The summed E-state index contributed by atoms with van der Waals surface area (Å²) >= 11 is 6.44. The molecule has 0 radical (unpaired) electrons. The van der Waals surface area contributed by atoms with Crippen LogP contribution in [0.2, 0.25) is 0 Å². The molecule has 1 fully saturated rings. The predicted molar refractivity (Wildman–Crippen MR) is 98.8 cm³/mol. The monoisotopic (exact) mass is 366 g/mol. The molecule has 1 N–H and O–H groups in total. The van der Waals surface area contributed by atoms with Gasteiger partial charge < -0.3 is 14.6 Å². The van der Waals surface area contributed by atoms with Crippen molar-refractivity contribution in [3.63, 3.8) is 0 Å². The molecule has 0 heterocycles. The highest BCUT2D eigenvalue weighted by Gasteiger charge is 2.41. The van der Waals surface area contributed by atoms with Gasteiger partial charge in [0.25, 0.3) is 0 Å². The zero-order chi connectivity index (χ0) is 18.1. The van der Waals surface area contributed by atoms with Gasteiger partial charge in [-0.2, -0.15) is 0 Å². The molecule has 5 heteroatoms. The van der Waals surface area contributed by atoms with Gasteiger partial charge in [0.15, 0.2) is 0 Å². The highest BCUT2D eigenvalue weighted by atomic mass is 35.5. The molecule has 1 saturated carbocycles. The van der Waals surface area contributed by atoms with Gasteiger partial charge in [-0.15, -0.1) is 11.6 Å². The maximum atomic E-state index is 11.1. The molecule has 0 bridgehead atoms. The number of hydrogen-bond acceptors (Lipinski definition) is 4. The average molecular weight is 367 g/mol. The summed E-state index contributed by atoms with van der Waals surface area (Å²) in [5.41, 5.74) is 0. The second kappa shape index (κ2) is 10.5. The number of esters is 1. The molecule has 0 saturated heterocycles. The van der Waals surface area contributed by atoms with Crippen LogP contribution in [0.4, 0.5) is 0 Å². The van der Waals surface area contributed by atoms with E-state index in [1.807, 2.05) is 30.3 Å². The Labute approximate surface area is 154 Å². The number of rotatable bonds is 9. The number of carbonyl (C=O) groups is 1. The third-order valence-corrected chi connectivity index (χ3v) is 5.22. The van der Waals surface area contributed by atoms with Gasteiger partial charge in [0, 0.05) is 17.7 Å². The summed E-state index contributed by atoms with van der Waals surface area (Å²) in [6.45, 7) is 0.468. The highest BCUT2D eigenvalue weighted by molar-refractivity contribution is 6.21. The van der Waals surface area contributed by atoms with Gasteiger partial charge in [0.05, 0.1) is 19.8 Å². The number of benzene rings is 1. The van der Waals surface area contributed by atoms with Crippen molar-refractivity contribution in [3.05, 3.63) is 42.5 Å². The fourth-order valence-electron chi connectivity index (χ4n) is 3.24. The lowest BCUT2D eigenvalue weighted by Gasteiger charge is -2.22. The van der Waals surface area contributed by atoms with Gasteiger partial charge in [0.1, 0.15) is 5.75 Å². The molecule has 25 heavy (non-hydrogen) atoms. The number of para-hydroxylation sites is 1. The molecule has 0 aromatic heterocycles. The Morgan fingerprint density at radius 1 is 1.28 bits per heavy atom. The van der Waals surface area contributed by atoms with Crippen LogP contribution < -0.4 is 4.74 Å². The van der Waals surface area contributed by atoms with E-state index in [9.17, 15) is 9.90 Å². The van der Waals surface area contributed by atoms with Gasteiger partial charge in [-0.05, 0) is 43.7 Å². The van der Waals surface area contributed by atoms with E-state index in [1.54, 1.807) is 0 Å². The van der Waals surface area contributed by atoms with E-state index in [-0.39, 0.29) is 23.2 Å². The van der Waals surface area contributed by atoms with E-state index in [0.717, 1.165) is 25.0 Å². The number of ether oxygens (including phenoxy) is 2. The normalized spacial score (nSPS) is 26.0. The molecule has 2 rings (SSSR count). The third-order valence-electron chi connectivity index (χ3n) is 4.72. The van der Waals surface area contributed by atoms with Gasteiger partial charge in [-0.3, -0.25) is 4.79 Å². The minimum atomic E-state index is -0.427. The first-order valence-corrected chi connectivity index (χ1v) is 9.27. The lowest BCUT2D eigenvalue weighted by atomic mass is 9.92. The number of methoxy groups -OCH3 is 1. The van der Waals surface area contributed by atoms with Crippen molar-refractivity contribution >= 4 is 17.6 Å². The van der Waals surface area contributed by atoms with E-state index >= 15 is 0 Å². The number of hydrogen-bond donors (Lipinski definition) is 1. The zero-order valence-electron chi connectivity index (χ0n) is 14.6. The first-order valence-electron chi connectivity index (χ1n) is 8.83. The van der Waals surface area contributed by atoms with Gasteiger partial charge in [-0.1, -0.05) is 30.4 Å². The van der Waals surface area contributed by atoms with Crippen molar-refractivity contribution in [1.29, 1.82) is 0 Å². The first-order chi connectivity index (χ1) is 12.1. The Bertz CT molecular complexity index is 546. The number of allylic oxidation sites excluding steroid dienone is 2. The van der Waals surface area contributed by atoms with Crippen LogP contribution in [-0.4, -0.2) is 36.3 Å². The molecular weight excluding hydrogens is 340 g/mol. The number of carbonyl (C=O) groups excluding carboxylic acids is 1. The largest absolute Gasteiger partial charge is 0.493 e. The number of aliphatic hydroxyl groups excluding tert-OH is 1. The molecule has 4 atom stereocenters. The van der Waals surface area contributed by atoms with E-state index < -0.39 is 6.10 Å². The molecule has 138 valence electrons. The molecule has 4 nitrogen and oxygen atoms in total. The average Bonchev–Trinajstić information content (AvgIpc) is 2.89. The van der Waals surface area contributed by atoms with Crippen molar-refractivity contribution in [2.45, 2.75) is 43.6 Å². The van der Waals surface area contributed by atoms with Crippen molar-refractivity contribution in [2.75, 3.05) is 13.7 Å². The fourth-order valence-corrected chi connectivity index (χ4v) is 3.71. The van der Waals surface area contributed by atoms with Crippen LogP contribution in [0, 0.1) is 11.8 Å². The SMILES string of the molecule is COC(=O)CCC/C=C\C[C@@H]1[C@@H](COc2ccccc2)[C@H](O)C[C@@H]1Cl. The number of aliphatic hydroxyl groups is 1. The van der Waals surface area contributed by atoms with E-state index in [4.69, 9.17) is 16.3 Å². The predicted octanol–water partition coefficient (Wildman–Crippen LogP) is 3.96.